The minimum Gasteiger partial charge on any atom is -0.370 e. The van der Waals surface area contributed by atoms with Gasteiger partial charge in [-0.2, -0.15) is 0 Å². The Morgan fingerprint density at radius 3 is 2.67 bits per heavy atom. The first kappa shape index (κ1) is 12.8. The lowest BCUT2D eigenvalue weighted by Crippen LogP contribution is -2.07. The minimum atomic E-state index is 0.688. The molecule has 18 heavy (non-hydrogen) atoms. The summed E-state index contributed by atoms with van der Waals surface area (Å²) in [5.74, 6) is 2.45. The van der Waals surface area contributed by atoms with Crippen LogP contribution in [0.15, 0.2) is 17.0 Å². The molecule has 0 bridgehead atoms. The Morgan fingerprint density at radius 1 is 1.22 bits per heavy atom. The molecule has 0 aliphatic carbocycles. The predicted molar refractivity (Wildman–Crippen MR) is 75.0 cm³/mol. The van der Waals surface area contributed by atoms with Crippen LogP contribution in [0.5, 0.6) is 0 Å². The third-order valence-corrected chi connectivity index (χ3v) is 2.96. The molecule has 96 valence electrons. The molecule has 0 saturated heterocycles. The lowest BCUT2D eigenvalue weighted by atomic mass is 10.4. The van der Waals surface area contributed by atoms with Crippen molar-refractivity contribution in [3.05, 3.63) is 28.5 Å². The second-order valence-corrected chi connectivity index (χ2v) is 4.66. The summed E-state index contributed by atoms with van der Waals surface area (Å²) < 4.78 is 0. The fraction of sp³-hybridized carbons (Fsp3) is 0.417. The fourth-order valence-corrected chi connectivity index (χ4v) is 2.07. The van der Waals surface area contributed by atoms with E-state index in [1.807, 2.05) is 23.9 Å². The van der Waals surface area contributed by atoms with Gasteiger partial charge in [0.25, 0.3) is 0 Å². The molecule has 2 heterocycles. The van der Waals surface area contributed by atoms with Gasteiger partial charge in [-0.3, -0.25) is 0 Å². The topological polar surface area (TPSA) is 62.7 Å². The van der Waals surface area contributed by atoms with Crippen molar-refractivity contribution in [1.82, 2.24) is 15.0 Å². The third kappa shape index (κ3) is 3.66. The first-order chi connectivity index (χ1) is 8.78. The monoisotopic (exact) mass is 263 g/mol. The average molecular weight is 263 g/mol. The van der Waals surface area contributed by atoms with Crippen LogP contribution >= 0.6 is 11.3 Å². The summed E-state index contributed by atoms with van der Waals surface area (Å²) in [5, 5.41) is 8.55. The van der Waals surface area contributed by atoms with Crippen molar-refractivity contribution in [2.24, 2.45) is 0 Å². The summed E-state index contributed by atoms with van der Waals surface area (Å²) >= 11 is 1.60. The molecular formula is C12H17N5S. The SMILES string of the molecule is CCCNc1cc(NCc2cscn2)nc(C)n1. The van der Waals surface area contributed by atoms with Crippen LogP contribution in [0.2, 0.25) is 0 Å². The average Bonchev–Trinajstić information content (AvgIpc) is 2.86. The first-order valence-electron chi connectivity index (χ1n) is 5.98. The Bertz CT molecular complexity index is 483. The molecule has 0 saturated carbocycles. The van der Waals surface area contributed by atoms with Crippen LogP contribution in [0.1, 0.15) is 24.9 Å². The number of nitrogens with one attached hydrogen (secondary N) is 2. The molecule has 0 aliphatic heterocycles. The van der Waals surface area contributed by atoms with E-state index in [-0.39, 0.29) is 0 Å². The van der Waals surface area contributed by atoms with Gasteiger partial charge in [0.1, 0.15) is 17.5 Å². The van der Waals surface area contributed by atoms with Gasteiger partial charge >= 0.3 is 0 Å². The van der Waals surface area contributed by atoms with Crippen molar-refractivity contribution < 1.29 is 0 Å². The highest BCUT2D eigenvalue weighted by Gasteiger charge is 2.02. The summed E-state index contributed by atoms with van der Waals surface area (Å²) in [6.45, 7) is 5.63. The van der Waals surface area contributed by atoms with Crippen molar-refractivity contribution in [3.8, 4) is 0 Å². The van der Waals surface area contributed by atoms with Crippen molar-refractivity contribution in [2.75, 3.05) is 17.2 Å². The van der Waals surface area contributed by atoms with Crippen LogP contribution in [0.25, 0.3) is 0 Å². The second-order valence-electron chi connectivity index (χ2n) is 3.95. The molecular weight excluding hydrogens is 246 g/mol. The van der Waals surface area contributed by atoms with Crippen LogP contribution in [-0.4, -0.2) is 21.5 Å². The number of thiazole rings is 1. The van der Waals surface area contributed by atoms with Gasteiger partial charge in [-0.25, -0.2) is 15.0 Å². The maximum Gasteiger partial charge on any atom is 0.132 e. The highest BCUT2D eigenvalue weighted by atomic mass is 32.1. The second kappa shape index (κ2) is 6.30. The molecule has 2 N–H and O–H groups in total. The summed E-state index contributed by atoms with van der Waals surface area (Å²) in [4.78, 5) is 12.9. The van der Waals surface area contributed by atoms with Crippen molar-refractivity contribution in [1.29, 1.82) is 0 Å². The standard InChI is InChI=1S/C12H17N5S/c1-3-4-13-11-5-12(17-9(2)16-11)14-6-10-7-18-8-15-10/h5,7-8H,3-4,6H2,1-2H3,(H2,13,14,16,17). The van der Waals surface area contributed by atoms with Crippen molar-refractivity contribution in [3.63, 3.8) is 0 Å². The number of anilines is 2. The minimum absolute atomic E-state index is 0.688. The van der Waals surface area contributed by atoms with Crippen molar-refractivity contribution >= 4 is 23.0 Å². The van der Waals surface area contributed by atoms with Gasteiger partial charge in [-0.05, 0) is 13.3 Å². The molecule has 0 aliphatic rings. The summed E-state index contributed by atoms with van der Waals surface area (Å²) in [7, 11) is 0. The number of nitrogens with zero attached hydrogens (tertiary/aromatic N) is 3. The molecule has 6 heteroatoms. The zero-order valence-electron chi connectivity index (χ0n) is 10.6. The van der Waals surface area contributed by atoms with E-state index in [4.69, 9.17) is 0 Å². The molecule has 2 aromatic rings. The summed E-state index contributed by atoms with van der Waals surface area (Å²) in [5.41, 5.74) is 2.86. The number of aryl methyl sites for hydroxylation is 1. The van der Waals surface area contributed by atoms with Crippen molar-refractivity contribution in [2.45, 2.75) is 26.8 Å². The molecule has 2 aromatic heterocycles. The maximum absolute atomic E-state index is 4.35. The zero-order chi connectivity index (χ0) is 12.8. The highest BCUT2D eigenvalue weighted by Crippen LogP contribution is 2.12. The number of hydrogen-bond donors (Lipinski definition) is 2. The lowest BCUT2D eigenvalue weighted by Gasteiger charge is -2.08. The number of aromatic nitrogens is 3. The van der Waals surface area contributed by atoms with E-state index < -0.39 is 0 Å². The Morgan fingerprint density at radius 2 is 2.00 bits per heavy atom. The smallest absolute Gasteiger partial charge is 0.132 e. The van der Waals surface area contributed by atoms with E-state index >= 15 is 0 Å². The Hall–Kier alpha value is -1.69. The van der Waals surface area contributed by atoms with Crippen LogP contribution in [0.3, 0.4) is 0 Å². The maximum atomic E-state index is 4.35. The normalized spacial score (nSPS) is 10.3. The number of rotatable bonds is 6. The van der Waals surface area contributed by atoms with Crippen LogP contribution in [0.4, 0.5) is 11.6 Å². The molecule has 2 rings (SSSR count). The van der Waals surface area contributed by atoms with Gasteiger partial charge in [0.05, 0.1) is 17.7 Å². The molecule has 5 nitrogen and oxygen atoms in total. The molecule has 0 fully saturated rings. The van der Waals surface area contributed by atoms with Gasteiger partial charge in [0.2, 0.25) is 0 Å². The molecule has 0 atom stereocenters. The zero-order valence-corrected chi connectivity index (χ0v) is 11.4. The molecule has 0 unspecified atom stereocenters. The fourth-order valence-electron chi connectivity index (χ4n) is 1.51. The molecule has 0 aromatic carbocycles. The van der Waals surface area contributed by atoms with Crippen LogP contribution in [0, 0.1) is 6.92 Å². The van der Waals surface area contributed by atoms with Gasteiger partial charge in [-0.1, -0.05) is 6.92 Å². The summed E-state index contributed by atoms with van der Waals surface area (Å²) in [6, 6.07) is 1.93. The van der Waals surface area contributed by atoms with Crippen LogP contribution in [-0.2, 0) is 6.54 Å². The van der Waals surface area contributed by atoms with Gasteiger partial charge in [-0.15, -0.1) is 11.3 Å². The van der Waals surface area contributed by atoms with Gasteiger partial charge < -0.3 is 10.6 Å². The van der Waals surface area contributed by atoms with E-state index in [9.17, 15) is 0 Å². The first-order valence-corrected chi connectivity index (χ1v) is 6.92. The predicted octanol–water partition coefficient (Wildman–Crippen LogP) is 2.68. The van der Waals surface area contributed by atoms with E-state index in [1.165, 1.54) is 0 Å². The van der Waals surface area contributed by atoms with Gasteiger partial charge in [0, 0.05) is 18.0 Å². The lowest BCUT2D eigenvalue weighted by molar-refractivity contribution is 0.949. The van der Waals surface area contributed by atoms with E-state index in [2.05, 4.69) is 32.5 Å². The molecule has 0 amide bonds. The Kier molecular flexibility index (Phi) is 4.46. The molecule has 0 radical (unpaired) electrons. The van der Waals surface area contributed by atoms with E-state index in [1.54, 1.807) is 11.3 Å². The largest absolute Gasteiger partial charge is 0.370 e. The van der Waals surface area contributed by atoms with Crippen LogP contribution < -0.4 is 10.6 Å². The van der Waals surface area contributed by atoms with Gasteiger partial charge in [0.15, 0.2) is 0 Å². The third-order valence-electron chi connectivity index (χ3n) is 2.33. The molecule has 0 spiro atoms. The Balaban J connectivity index is 2.00. The quantitative estimate of drug-likeness (QED) is 0.839. The number of hydrogen-bond acceptors (Lipinski definition) is 6. The summed E-state index contributed by atoms with van der Waals surface area (Å²) in [6.07, 6.45) is 1.07. The highest BCUT2D eigenvalue weighted by molar-refractivity contribution is 7.07. The van der Waals surface area contributed by atoms with E-state index in [0.717, 1.165) is 36.1 Å². The Labute approximate surface area is 111 Å². The van der Waals surface area contributed by atoms with E-state index in [0.29, 0.717) is 6.54 Å².